The second-order valence-electron chi connectivity index (χ2n) is 6.92. The topological polar surface area (TPSA) is 61.9 Å². The van der Waals surface area contributed by atoms with E-state index in [1.807, 2.05) is 53.4 Å². The van der Waals surface area contributed by atoms with Gasteiger partial charge in [0.15, 0.2) is 6.61 Å². The summed E-state index contributed by atoms with van der Waals surface area (Å²) in [6.45, 7) is 1.63. The van der Waals surface area contributed by atoms with Gasteiger partial charge in [-0.3, -0.25) is 9.59 Å². The number of anilines is 1. The van der Waals surface area contributed by atoms with E-state index in [1.54, 1.807) is 11.9 Å². The van der Waals surface area contributed by atoms with Crippen molar-refractivity contribution in [3.05, 3.63) is 59.7 Å². The molecule has 1 fully saturated rings. The predicted molar refractivity (Wildman–Crippen MR) is 103 cm³/mol. The van der Waals surface area contributed by atoms with Gasteiger partial charge in [-0.15, -0.1) is 0 Å². The van der Waals surface area contributed by atoms with Gasteiger partial charge in [0.2, 0.25) is 0 Å². The van der Waals surface area contributed by atoms with Gasteiger partial charge in [-0.25, -0.2) is 0 Å². The first-order chi connectivity index (χ1) is 13.1. The van der Waals surface area contributed by atoms with E-state index >= 15 is 0 Å². The highest BCUT2D eigenvalue weighted by Crippen LogP contribution is 2.35. The highest BCUT2D eigenvalue weighted by atomic mass is 16.5. The van der Waals surface area contributed by atoms with Gasteiger partial charge < -0.3 is 19.9 Å². The molecule has 0 aliphatic carbocycles. The van der Waals surface area contributed by atoms with E-state index in [0.717, 1.165) is 37.2 Å². The molecular formula is C21H23N3O3. The van der Waals surface area contributed by atoms with Crippen molar-refractivity contribution in [3.8, 4) is 5.75 Å². The predicted octanol–water partition coefficient (Wildman–Crippen LogP) is 2.88. The van der Waals surface area contributed by atoms with Gasteiger partial charge in [-0.05, 0) is 31.0 Å². The van der Waals surface area contributed by atoms with Crippen molar-refractivity contribution in [1.82, 2.24) is 9.80 Å². The first-order valence-corrected chi connectivity index (χ1v) is 9.27. The van der Waals surface area contributed by atoms with Crippen LogP contribution in [0.2, 0.25) is 0 Å². The number of ether oxygens (including phenoxy) is 1. The monoisotopic (exact) mass is 365 g/mol. The number of carbonyl (C=O) groups excluding carboxylic acids is 2. The lowest BCUT2D eigenvalue weighted by molar-refractivity contribution is -0.132. The van der Waals surface area contributed by atoms with Crippen molar-refractivity contribution in [1.29, 1.82) is 0 Å². The standard InChI is InChI=1S/C21H23N3O3/c1-23-20(22-17-10-4-2-8-15(17)21(23)26)16-9-3-5-11-18(16)27-14-19(25)24-12-6-7-13-24/h2-5,8-11,20,22H,6-7,12-14H2,1H3/t20-/m0/s1. The summed E-state index contributed by atoms with van der Waals surface area (Å²) in [4.78, 5) is 28.5. The zero-order chi connectivity index (χ0) is 18.8. The smallest absolute Gasteiger partial charge is 0.260 e. The normalized spacial score (nSPS) is 18.9. The Labute approximate surface area is 158 Å². The number of hydrogen-bond acceptors (Lipinski definition) is 4. The van der Waals surface area contributed by atoms with E-state index in [0.29, 0.717) is 11.3 Å². The largest absolute Gasteiger partial charge is 0.483 e. The molecule has 4 rings (SSSR count). The molecule has 2 aliphatic rings. The maximum absolute atomic E-state index is 12.7. The average Bonchev–Trinajstić information content (AvgIpc) is 3.24. The molecule has 0 unspecified atom stereocenters. The fourth-order valence-electron chi connectivity index (χ4n) is 3.67. The van der Waals surface area contributed by atoms with Crippen molar-refractivity contribution in [3.63, 3.8) is 0 Å². The second-order valence-corrected chi connectivity index (χ2v) is 6.92. The van der Waals surface area contributed by atoms with Crippen LogP contribution in [-0.4, -0.2) is 48.4 Å². The maximum Gasteiger partial charge on any atom is 0.260 e. The Balaban J connectivity index is 1.56. The molecular weight excluding hydrogens is 342 g/mol. The number of rotatable bonds is 4. The number of carbonyl (C=O) groups is 2. The number of benzene rings is 2. The number of nitrogens with zero attached hydrogens (tertiary/aromatic N) is 2. The third kappa shape index (κ3) is 3.35. The van der Waals surface area contributed by atoms with E-state index in [-0.39, 0.29) is 24.6 Å². The Morgan fingerprint density at radius 3 is 2.63 bits per heavy atom. The zero-order valence-corrected chi connectivity index (χ0v) is 15.4. The number of amides is 2. The summed E-state index contributed by atoms with van der Waals surface area (Å²) >= 11 is 0. The molecule has 0 bridgehead atoms. The van der Waals surface area contributed by atoms with Crippen LogP contribution in [0.1, 0.15) is 34.9 Å². The van der Waals surface area contributed by atoms with Gasteiger partial charge in [-0.2, -0.15) is 0 Å². The molecule has 0 spiro atoms. The summed E-state index contributed by atoms with van der Waals surface area (Å²) in [5, 5.41) is 3.41. The van der Waals surface area contributed by atoms with Crippen LogP contribution in [0.5, 0.6) is 5.75 Å². The molecule has 2 aromatic rings. The van der Waals surface area contributed by atoms with Crippen LogP contribution in [0.15, 0.2) is 48.5 Å². The minimum absolute atomic E-state index is 0.00804. The second kappa shape index (κ2) is 7.31. The Morgan fingerprint density at radius 2 is 1.81 bits per heavy atom. The Morgan fingerprint density at radius 1 is 1.11 bits per heavy atom. The summed E-state index contributed by atoms with van der Waals surface area (Å²) in [5.41, 5.74) is 2.28. The highest BCUT2D eigenvalue weighted by molar-refractivity contribution is 6.01. The van der Waals surface area contributed by atoms with E-state index in [4.69, 9.17) is 4.74 Å². The molecule has 2 aromatic carbocycles. The molecule has 27 heavy (non-hydrogen) atoms. The molecule has 0 saturated carbocycles. The number of para-hydroxylation sites is 2. The summed E-state index contributed by atoms with van der Waals surface area (Å²) in [7, 11) is 1.77. The average molecular weight is 365 g/mol. The lowest BCUT2D eigenvalue weighted by Gasteiger charge is -2.36. The fourth-order valence-corrected chi connectivity index (χ4v) is 3.67. The zero-order valence-electron chi connectivity index (χ0n) is 15.4. The number of nitrogens with one attached hydrogen (secondary N) is 1. The Kier molecular flexibility index (Phi) is 4.71. The molecule has 2 heterocycles. The third-order valence-electron chi connectivity index (χ3n) is 5.18. The molecule has 140 valence electrons. The summed E-state index contributed by atoms with van der Waals surface area (Å²) in [5.74, 6) is 0.576. The molecule has 6 nitrogen and oxygen atoms in total. The molecule has 2 aliphatic heterocycles. The first-order valence-electron chi connectivity index (χ1n) is 9.27. The quantitative estimate of drug-likeness (QED) is 0.905. The van der Waals surface area contributed by atoms with Crippen LogP contribution in [0.4, 0.5) is 5.69 Å². The van der Waals surface area contributed by atoms with Crippen LogP contribution in [0, 0.1) is 0 Å². The lowest BCUT2D eigenvalue weighted by atomic mass is 10.0. The highest BCUT2D eigenvalue weighted by Gasteiger charge is 2.31. The third-order valence-corrected chi connectivity index (χ3v) is 5.18. The van der Waals surface area contributed by atoms with Crippen LogP contribution in [-0.2, 0) is 4.79 Å². The SMILES string of the molecule is CN1C(=O)c2ccccc2N[C@@H]1c1ccccc1OCC(=O)N1CCCC1. The molecule has 1 N–H and O–H groups in total. The van der Waals surface area contributed by atoms with E-state index in [1.165, 1.54) is 0 Å². The maximum atomic E-state index is 12.7. The van der Waals surface area contributed by atoms with E-state index in [2.05, 4.69) is 5.32 Å². The van der Waals surface area contributed by atoms with Gasteiger partial charge in [0.25, 0.3) is 11.8 Å². The number of likely N-dealkylation sites (tertiary alicyclic amines) is 1. The van der Waals surface area contributed by atoms with Crippen molar-refractivity contribution < 1.29 is 14.3 Å². The van der Waals surface area contributed by atoms with Gasteiger partial charge in [-0.1, -0.05) is 30.3 Å². The van der Waals surface area contributed by atoms with Gasteiger partial charge in [0, 0.05) is 31.4 Å². The minimum atomic E-state index is -0.356. The van der Waals surface area contributed by atoms with Crippen LogP contribution in [0.25, 0.3) is 0 Å². The molecule has 2 amide bonds. The summed E-state index contributed by atoms with van der Waals surface area (Å²) in [6, 6.07) is 15.0. The number of hydrogen-bond donors (Lipinski definition) is 1. The molecule has 6 heteroatoms. The lowest BCUT2D eigenvalue weighted by Crippen LogP contribution is -2.40. The van der Waals surface area contributed by atoms with Crippen LogP contribution in [0.3, 0.4) is 0 Å². The van der Waals surface area contributed by atoms with Crippen molar-refractivity contribution in [2.45, 2.75) is 19.0 Å². The molecule has 0 radical (unpaired) electrons. The molecule has 1 atom stereocenters. The van der Waals surface area contributed by atoms with Crippen molar-refractivity contribution in [2.24, 2.45) is 0 Å². The van der Waals surface area contributed by atoms with Gasteiger partial charge in [0.05, 0.1) is 5.56 Å². The summed E-state index contributed by atoms with van der Waals surface area (Å²) in [6.07, 6.45) is 1.76. The molecule has 0 aromatic heterocycles. The van der Waals surface area contributed by atoms with Crippen LogP contribution >= 0.6 is 0 Å². The van der Waals surface area contributed by atoms with Gasteiger partial charge >= 0.3 is 0 Å². The van der Waals surface area contributed by atoms with E-state index in [9.17, 15) is 9.59 Å². The summed E-state index contributed by atoms with van der Waals surface area (Å²) < 4.78 is 5.87. The van der Waals surface area contributed by atoms with Crippen LogP contribution < -0.4 is 10.1 Å². The Bertz CT molecular complexity index is 861. The van der Waals surface area contributed by atoms with Gasteiger partial charge in [0.1, 0.15) is 11.9 Å². The minimum Gasteiger partial charge on any atom is -0.483 e. The Hall–Kier alpha value is -3.02. The molecule has 1 saturated heterocycles. The number of fused-ring (bicyclic) bond motifs is 1. The fraction of sp³-hybridized carbons (Fsp3) is 0.333. The van der Waals surface area contributed by atoms with Crippen molar-refractivity contribution >= 4 is 17.5 Å². The first kappa shape index (κ1) is 17.4. The van der Waals surface area contributed by atoms with E-state index < -0.39 is 0 Å². The van der Waals surface area contributed by atoms with Crippen molar-refractivity contribution in [2.75, 3.05) is 32.1 Å².